The van der Waals surface area contributed by atoms with Crippen molar-refractivity contribution >= 4 is 0 Å². The molecule has 0 radical (unpaired) electrons. The zero-order valence-electron chi connectivity index (χ0n) is 11.3. The number of benzene rings is 1. The van der Waals surface area contributed by atoms with E-state index in [0.717, 1.165) is 5.56 Å². The van der Waals surface area contributed by atoms with Gasteiger partial charge >= 0.3 is 0 Å². The van der Waals surface area contributed by atoms with Crippen molar-refractivity contribution in [2.75, 3.05) is 34.9 Å². The highest BCUT2D eigenvalue weighted by Crippen LogP contribution is 2.33. The van der Waals surface area contributed by atoms with E-state index in [1.807, 2.05) is 6.07 Å². The van der Waals surface area contributed by atoms with Gasteiger partial charge in [-0.1, -0.05) is 0 Å². The fourth-order valence-corrected chi connectivity index (χ4v) is 1.86. The van der Waals surface area contributed by atoms with Crippen molar-refractivity contribution in [1.82, 2.24) is 5.32 Å². The number of nitrogens with one attached hydrogen (secondary N) is 1. The molecule has 0 saturated heterocycles. The number of likely N-dealkylation sites (N-methyl/N-ethyl adjacent to an activating group) is 1. The van der Waals surface area contributed by atoms with Gasteiger partial charge in [-0.3, -0.25) is 0 Å². The van der Waals surface area contributed by atoms with Crippen molar-refractivity contribution in [2.24, 2.45) is 0 Å². The molecule has 1 unspecified atom stereocenters. The summed E-state index contributed by atoms with van der Waals surface area (Å²) >= 11 is 0. The predicted molar refractivity (Wildman–Crippen MR) is 69.1 cm³/mol. The van der Waals surface area contributed by atoms with Gasteiger partial charge in [0.15, 0.2) is 0 Å². The molecule has 0 aliphatic carbocycles. The van der Waals surface area contributed by atoms with Gasteiger partial charge in [-0.2, -0.15) is 0 Å². The number of hydrogen-bond acceptors (Lipinski definition) is 5. The molecule has 0 saturated carbocycles. The fourth-order valence-electron chi connectivity index (χ4n) is 1.86. The van der Waals surface area contributed by atoms with Crippen LogP contribution in [-0.2, 0) is 11.3 Å². The number of ether oxygens (including phenoxy) is 3. The molecule has 18 heavy (non-hydrogen) atoms. The van der Waals surface area contributed by atoms with Crippen LogP contribution in [-0.4, -0.2) is 40.0 Å². The maximum Gasteiger partial charge on any atom is 0.130 e. The third-order valence-corrected chi connectivity index (χ3v) is 2.66. The molecule has 0 aliphatic rings. The van der Waals surface area contributed by atoms with Crippen molar-refractivity contribution in [3.63, 3.8) is 0 Å². The van der Waals surface area contributed by atoms with E-state index in [2.05, 4.69) is 5.32 Å². The maximum atomic E-state index is 10.1. The number of methoxy groups -OCH3 is 3. The second-order valence-electron chi connectivity index (χ2n) is 3.92. The Bertz CT molecular complexity index is 381. The van der Waals surface area contributed by atoms with Crippen LogP contribution in [0, 0.1) is 0 Å². The summed E-state index contributed by atoms with van der Waals surface area (Å²) in [5.74, 6) is 1.31. The Morgan fingerprint density at radius 2 is 1.94 bits per heavy atom. The molecular formula is C13H21NO4. The van der Waals surface area contributed by atoms with E-state index in [0.29, 0.717) is 30.2 Å². The van der Waals surface area contributed by atoms with Gasteiger partial charge in [-0.15, -0.1) is 0 Å². The molecule has 0 fully saturated rings. The van der Waals surface area contributed by atoms with Gasteiger partial charge in [0.05, 0.1) is 26.9 Å². The van der Waals surface area contributed by atoms with Gasteiger partial charge in [0.2, 0.25) is 0 Å². The molecule has 2 N–H and O–H groups in total. The zero-order chi connectivity index (χ0) is 13.5. The lowest BCUT2D eigenvalue weighted by molar-refractivity contribution is 0.167. The van der Waals surface area contributed by atoms with Crippen molar-refractivity contribution in [3.8, 4) is 11.5 Å². The third-order valence-electron chi connectivity index (χ3n) is 2.66. The summed E-state index contributed by atoms with van der Waals surface area (Å²) < 4.78 is 15.7. The van der Waals surface area contributed by atoms with Crippen molar-refractivity contribution in [2.45, 2.75) is 12.7 Å². The number of rotatable bonds is 7. The average Bonchev–Trinajstić information content (AvgIpc) is 2.38. The van der Waals surface area contributed by atoms with Gasteiger partial charge in [0.25, 0.3) is 0 Å². The minimum atomic E-state index is -0.657. The molecule has 0 aromatic heterocycles. The molecule has 1 aromatic rings. The maximum absolute atomic E-state index is 10.1. The molecule has 0 amide bonds. The molecule has 1 atom stereocenters. The van der Waals surface area contributed by atoms with Crippen molar-refractivity contribution < 1.29 is 19.3 Å². The number of aliphatic hydroxyl groups is 1. The van der Waals surface area contributed by atoms with Crippen LogP contribution >= 0.6 is 0 Å². The SMILES string of the molecule is CNCC(O)c1cc(OC)cc(COC)c1OC. The van der Waals surface area contributed by atoms with E-state index in [1.165, 1.54) is 0 Å². The lowest BCUT2D eigenvalue weighted by Crippen LogP contribution is -2.18. The summed E-state index contributed by atoms with van der Waals surface area (Å²) in [5.41, 5.74) is 1.54. The Morgan fingerprint density at radius 3 is 2.44 bits per heavy atom. The second-order valence-corrected chi connectivity index (χ2v) is 3.92. The quantitative estimate of drug-likeness (QED) is 0.764. The normalized spacial score (nSPS) is 12.3. The zero-order valence-corrected chi connectivity index (χ0v) is 11.3. The summed E-state index contributed by atoms with van der Waals surface area (Å²) in [6.07, 6.45) is -0.657. The van der Waals surface area contributed by atoms with E-state index < -0.39 is 6.10 Å². The molecule has 5 heteroatoms. The topological polar surface area (TPSA) is 60.0 Å². The van der Waals surface area contributed by atoms with Crippen LogP contribution in [0.5, 0.6) is 11.5 Å². The van der Waals surface area contributed by atoms with E-state index in [9.17, 15) is 5.11 Å². The standard InChI is InChI=1S/C13H21NO4/c1-14-7-12(15)11-6-10(17-3)5-9(8-16-2)13(11)18-4/h5-6,12,14-15H,7-8H2,1-4H3. The third kappa shape index (κ3) is 3.35. The molecule has 0 heterocycles. The molecule has 1 aromatic carbocycles. The van der Waals surface area contributed by atoms with Crippen LogP contribution in [0.1, 0.15) is 17.2 Å². The monoisotopic (exact) mass is 255 g/mol. The Hall–Kier alpha value is -1.30. The Morgan fingerprint density at radius 1 is 1.22 bits per heavy atom. The van der Waals surface area contributed by atoms with Crippen LogP contribution in [0.4, 0.5) is 0 Å². The van der Waals surface area contributed by atoms with Gasteiger partial charge in [0, 0.05) is 24.8 Å². The molecule has 0 spiro atoms. The summed E-state index contributed by atoms with van der Waals surface area (Å²) in [7, 11) is 6.57. The van der Waals surface area contributed by atoms with Gasteiger partial charge < -0.3 is 24.6 Å². The predicted octanol–water partition coefficient (Wildman–Crippen LogP) is 1.10. The van der Waals surface area contributed by atoms with Crippen LogP contribution in [0.15, 0.2) is 12.1 Å². The molecule has 5 nitrogen and oxygen atoms in total. The summed E-state index contributed by atoms with van der Waals surface area (Å²) in [6.45, 7) is 0.843. The largest absolute Gasteiger partial charge is 0.497 e. The summed E-state index contributed by atoms with van der Waals surface area (Å²) in [6, 6.07) is 3.62. The number of hydrogen-bond donors (Lipinski definition) is 2. The first-order valence-electron chi connectivity index (χ1n) is 5.74. The first-order chi connectivity index (χ1) is 8.67. The van der Waals surface area contributed by atoms with E-state index in [4.69, 9.17) is 14.2 Å². The van der Waals surface area contributed by atoms with Crippen LogP contribution in [0.3, 0.4) is 0 Å². The molecule has 1 rings (SSSR count). The van der Waals surface area contributed by atoms with E-state index in [1.54, 1.807) is 34.4 Å². The molecule has 0 bridgehead atoms. The van der Waals surface area contributed by atoms with Crippen LogP contribution in [0.25, 0.3) is 0 Å². The smallest absolute Gasteiger partial charge is 0.130 e. The summed E-state index contributed by atoms with van der Waals surface area (Å²) in [5, 5.41) is 13.0. The van der Waals surface area contributed by atoms with Crippen LogP contribution < -0.4 is 14.8 Å². The minimum absolute atomic E-state index is 0.402. The highest BCUT2D eigenvalue weighted by atomic mass is 16.5. The van der Waals surface area contributed by atoms with Crippen LogP contribution in [0.2, 0.25) is 0 Å². The first kappa shape index (κ1) is 14.8. The van der Waals surface area contributed by atoms with Gasteiger partial charge in [0.1, 0.15) is 11.5 Å². The molecular weight excluding hydrogens is 234 g/mol. The first-order valence-corrected chi connectivity index (χ1v) is 5.74. The highest BCUT2D eigenvalue weighted by molar-refractivity contribution is 5.48. The second kappa shape index (κ2) is 7.20. The Labute approximate surface area is 108 Å². The summed E-state index contributed by atoms with van der Waals surface area (Å²) in [4.78, 5) is 0. The fraction of sp³-hybridized carbons (Fsp3) is 0.538. The van der Waals surface area contributed by atoms with Crippen molar-refractivity contribution in [3.05, 3.63) is 23.3 Å². The van der Waals surface area contributed by atoms with E-state index in [-0.39, 0.29) is 0 Å². The Kier molecular flexibility index (Phi) is 5.91. The van der Waals surface area contributed by atoms with E-state index >= 15 is 0 Å². The van der Waals surface area contributed by atoms with Crippen molar-refractivity contribution in [1.29, 1.82) is 0 Å². The molecule has 102 valence electrons. The minimum Gasteiger partial charge on any atom is -0.497 e. The molecule has 0 aliphatic heterocycles. The lowest BCUT2D eigenvalue weighted by atomic mass is 10.0. The van der Waals surface area contributed by atoms with Gasteiger partial charge in [-0.05, 0) is 19.2 Å². The number of aliphatic hydroxyl groups excluding tert-OH is 1. The lowest BCUT2D eigenvalue weighted by Gasteiger charge is -2.19. The Balaban J connectivity index is 3.23. The highest BCUT2D eigenvalue weighted by Gasteiger charge is 2.18. The average molecular weight is 255 g/mol. The van der Waals surface area contributed by atoms with Gasteiger partial charge in [-0.25, -0.2) is 0 Å².